The van der Waals surface area contributed by atoms with Crippen LogP contribution in [0.5, 0.6) is 0 Å². The first kappa shape index (κ1) is 23.5. The Morgan fingerprint density at radius 1 is 0.697 bits per heavy atom. The minimum atomic E-state index is -4.78. The van der Waals surface area contributed by atoms with E-state index in [9.17, 15) is 17.6 Å². The van der Waals surface area contributed by atoms with Crippen molar-refractivity contribution in [2.24, 2.45) is 0 Å². The molecule has 1 aliphatic rings. The summed E-state index contributed by atoms with van der Waals surface area (Å²) >= 11 is 0. The lowest BCUT2D eigenvalue weighted by molar-refractivity contribution is -0.139. The zero-order valence-corrected chi connectivity index (χ0v) is 18.7. The van der Waals surface area contributed by atoms with Crippen molar-refractivity contribution < 1.29 is 22.0 Å². The van der Waals surface area contributed by atoms with Gasteiger partial charge >= 0.3 is 6.18 Å². The van der Waals surface area contributed by atoms with Gasteiger partial charge in [0.1, 0.15) is 11.6 Å². The van der Waals surface area contributed by atoms with E-state index in [4.69, 9.17) is 0 Å². The van der Waals surface area contributed by atoms with Gasteiger partial charge in [-0.3, -0.25) is 0 Å². The maximum Gasteiger partial charge on any atom is 0.419 e. The summed E-state index contributed by atoms with van der Waals surface area (Å²) in [6, 6.07) is 12.0. The van der Waals surface area contributed by atoms with Crippen LogP contribution in [0, 0.1) is 11.6 Å². The molecule has 0 unspecified atom stereocenters. The maximum absolute atomic E-state index is 15.0. The number of hydrogen-bond acceptors (Lipinski definition) is 0. The summed E-state index contributed by atoms with van der Waals surface area (Å²) in [4.78, 5) is 0. The molecule has 4 rings (SSSR count). The third-order valence-corrected chi connectivity index (χ3v) is 6.47. The molecule has 174 valence electrons. The normalized spacial score (nSPS) is 13.0. The van der Waals surface area contributed by atoms with E-state index in [0.29, 0.717) is 12.5 Å². The van der Waals surface area contributed by atoms with E-state index in [-0.39, 0.29) is 11.1 Å². The summed E-state index contributed by atoms with van der Waals surface area (Å²) in [5.74, 6) is -1.97. The highest BCUT2D eigenvalue weighted by Crippen LogP contribution is 2.39. The average Bonchev–Trinajstić information content (AvgIpc) is 2.77. The molecule has 0 fully saturated rings. The van der Waals surface area contributed by atoms with E-state index in [0.717, 1.165) is 48.1 Å². The molecule has 0 saturated carbocycles. The second kappa shape index (κ2) is 9.66. The summed E-state index contributed by atoms with van der Waals surface area (Å²) in [5.41, 5.74) is 4.09. The molecule has 33 heavy (non-hydrogen) atoms. The SMILES string of the molecule is CCCCCCCc1ccc2c(c1)CCc1cc(-c3ccc(C(F)(F)F)c(F)c3)c(F)cc1-2. The molecule has 1 aliphatic carbocycles. The van der Waals surface area contributed by atoms with E-state index < -0.39 is 23.4 Å². The highest BCUT2D eigenvalue weighted by atomic mass is 19.4. The second-order valence-electron chi connectivity index (χ2n) is 8.84. The molecular weight excluding hydrogens is 431 g/mol. The molecule has 0 atom stereocenters. The van der Waals surface area contributed by atoms with Crippen molar-refractivity contribution in [1.29, 1.82) is 0 Å². The molecule has 0 bridgehead atoms. The van der Waals surface area contributed by atoms with Gasteiger partial charge in [-0.05, 0) is 83.3 Å². The van der Waals surface area contributed by atoms with Crippen molar-refractivity contribution in [2.75, 3.05) is 0 Å². The van der Waals surface area contributed by atoms with Gasteiger partial charge in [-0.15, -0.1) is 0 Å². The monoisotopic (exact) mass is 458 g/mol. The van der Waals surface area contributed by atoms with Crippen molar-refractivity contribution in [1.82, 2.24) is 0 Å². The van der Waals surface area contributed by atoms with Crippen LogP contribution < -0.4 is 0 Å². The van der Waals surface area contributed by atoms with Gasteiger partial charge in [-0.2, -0.15) is 13.2 Å². The Kier molecular flexibility index (Phi) is 6.87. The first-order valence-corrected chi connectivity index (χ1v) is 11.6. The third-order valence-electron chi connectivity index (χ3n) is 6.47. The molecule has 0 saturated heterocycles. The smallest absolute Gasteiger partial charge is 0.206 e. The Morgan fingerprint density at radius 3 is 2.12 bits per heavy atom. The minimum absolute atomic E-state index is 0.102. The Morgan fingerprint density at radius 2 is 1.42 bits per heavy atom. The van der Waals surface area contributed by atoms with Crippen LogP contribution in [0.15, 0.2) is 48.5 Å². The minimum Gasteiger partial charge on any atom is -0.206 e. The van der Waals surface area contributed by atoms with Gasteiger partial charge in [-0.1, -0.05) is 56.9 Å². The van der Waals surface area contributed by atoms with E-state index in [2.05, 4.69) is 19.1 Å². The van der Waals surface area contributed by atoms with Gasteiger partial charge in [0.25, 0.3) is 0 Å². The molecule has 3 aromatic rings. The van der Waals surface area contributed by atoms with Crippen LogP contribution in [0.25, 0.3) is 22.3 Å². The Balaban J connectivity index is 1.59. The van der Waals surface area contributed by atoms with E-state index in [1.807, 2.05) is 6.07 Å². The third kappa shape index (κ3) is 5.13. The number of aryl methyl sites for hydroxylation is 3. The summed E-state index contributed by atoms with van der Waals surface area (Å²) in [6.45, 7) is 2.20. The first-order chi connectivity index (χ1) is 15.8. The standard InChI is InChI=1S/C28H27F5/c1-2-3-4-5-6-7-18-8-12-22-19(14-18)9-10-20-15-24(26(29)17-23(20)22)21-11-13-25(27(30)16-21)28(31,32)33/h8,11-17H,2-7,9-10H2,1H3. The Bertz CT molecular complexity index is 1140. The van der Waals surface area contributed by atoms with Gasteiger partial charge in [0, 0.05) is 5.56 Å². The van der Waals surface area contributed by atoms with E-state index in [1.54, 1.807) is 6.07 Å². The van der Waals surface area contributed by atoms with Gasteiger partial charge in [-0.25, -0.2) is 8.78 Å². The Labute approximate surface area is 191 Å². The summed E-state index contributed by atoms with van der Waals surface area (Å²) in [7, 11) is 0. The molecule has 5 heteroatoms. The number of rotatable bonds is 7. The first-order valence-electron chi connectivity index (χ1n) is 11.6. The zero-order chi connectivity index (χ0) is 23.6. The number of alkyl halides is 3. The molecule has 0 spiro atoms. The lowest BCUT2D eigenvalue weighted by atomic mass is 9.83. The van der Waals surface area contributed by atoms with Gasteiger partial charge < -0.3 is 0 Å². The van der Waals surface area contributed by atoms with Crippen LogP contribution in [0.1, 0.15) is 61.3 Å². The van der Waals surface area contributed by atoms with E-state index in [1.165, 1.54) is 42.9 Å². The average molecular weight is 459 g/mol. The fraction of sp³-hybridized carbons (Fsp3) is 0.357. The number of halogens is 5. The second-order valence-corrected chi connectivity index (χ2v) is 8.84. The fourth-order valence-electron chi connectivity index (χ4n) is 4.68. The van der Waals surface area contributed by atoms with Crippen molar-refractivity contribution in [3.8, 4) is 22.3 Å². The Hall–Kier alpha value is -2.69. The van der Waals surface area contributed by atoms with Crippen LogP contribution in [0.4, 0.5) is 22.0 Å². The summed E-state index contributed by atoms with van der Waals surface area (Å²) < 4.78 is 67.7. The molecule has 0 N–H and O–H groups in total. The van der Waals surface area contributed by atoms with Crippen LogP contribution in [0.2, 0.25) is 0 Å². The van der Waals surface area contributed by atoms with Gasteiger partial charge in [0.05, 0.1) is 5.56 Å². The highest BCUT2D eigenvalue weighted by molar-refractivity contribution is 5.78. The van der Waals surface area contributed by atoms with Crippen molar-refractivity contribution in [3.63, 3.8) is 0 Å². The number of fused-ring (bicyclic) bond motifs is 3. The molecule has 0 heterocycles. The highest BCUT2D eigenvalue weighted by Gasteiger charge is 2.34. The van der Waals surface area contributed by atoms with E-state index >= 15 is 4.39 Å². The predicted molar refractivity (Wildman–Crippen MR) is 122 cm³/mol. The maximum atomic E-state index is 15.0. The topological polar surface area (TPSA) is 0 Å². The number of unbranched alkanes of at least 4 members (excludes halogenated alkanes) is 4. The van der Waals surface area contributed by atoms with Crippen LogP contribution in [-0.4, -0.2) is 0 Å². The number of hydrogen-bond donors (Lipinski definition) is 0. The fourth-order valence-corrected chi connectivity index (χ4v) is 4.68. The zero-order valence-electron chi connectivity index (χ0n) is 18.7. The molecular formula is C28H27F5. The summed E-state index contributed by atoms with van der Waals surface area (Å²) in [5, 5.41) is 0. The summed E-state index contributed by atoms with van der Waals surface area (Å²) in [6.07, 6.45) is 3.93. The predicted octanol–water partition coefficient (Wildman–Crippen LogP) is 8.93. The lowest BCUT2D eigenvalue weighted by Gasteiger charge is -2.22. The molecule has 0 aromatic heterocycles. The molecule has 0 nitrogen and oxygen atoms in total. The van der Waals surface area contributed by atoms with Crippen LogP contribution in [-0.2, 0) is 25.4 Å². The molecule has 3 aromatic carbocycles. The van der Waals surface area contributed by atoms with Crippen molar-refractivity contribution in [3.05, 3.63) is 82.4 Å². The molecule has 0 radical (unpaired) electrons. The van der Waals surface area contributed by atoms with Crippen LogP contribution in [0.3, 0.4) is 0 Å². The number of benzene rings is 3. The van der Waals surface area contributed by atoms with Gasteiger partial charge in [0.15, 0.2) is 0 Å². The molecule has 0 aliphatic heterocycles. The van der Waals surface area contributed by atoms with Gasteiger partial charge in [0.2, 0.25) is 0 Å². The van der Waals surface area contributed by atoms with Crippen molar-refractivity contribution in [2.45, 2.75) is 64.5 Å². The largest absolute Gasteiger partial charge is 0.419 e. The lowest BCUT2D eigenvalue weighted by Crippen LogP contribution is -2.08. The molecule has 0 amide bonds. The van der Waals surface area contributed by atoms with Crippen molar-refractivity contribution >= 4 is 0 Å². The van der Waals surface area contributed by atoms with Crippen LogP contribution >= 0.6 is 0 Å². The quantitative estimate of drug-likeness (QED) is 0.245.